The van der Waals surface area contributed by atoms with E-state index in [-0.39, 0.29) is 24.5 Å². The van der Waals surface area contributed by atoms with Crippen LogP contribution in [0.4, 0.5) is 0 Å². The molecule has 0 aliphatic heterocycles. The number of carboxylic acids is 1. The number of amides is 3. The minimum Gasteiger partial charge on any atom is -0.480 e. The zero-order valence-electron chi connectivity index (χ0n) is 19.7. The van der Waals surface area contributed by atoms with Crippen LogP contribution >= 0.6 is 12.6 Å². The minimum absolute atomic E-state index is 0.0253. The number of nitrogens with two attached hydrogens (primary N) is 1. The molecule has 0 aliphatic carbocycles. The molecule has 1 heterocycles. The number of rotatable bonds is 13. The summed E-state index contributed by atoms with van der Waals surface area (Å²) in [6.45, 7) is 2.96. The Kier molecular flexibility index (Phi) is 10.6. The lowest BCUT2D eigenvalue weighted by Crippen LogP contribution is -2.58. The maximum atomic E-state index is 13.0. The van der Waals surface area contributed by atoms with Crippen molar-refractivity contribution in [1.29, 1.82) is 0 Å². The molecule has 8 N–H and O–H groups in total. The van der Waals surface area contributed by atoms with Crippen molar-refractivity contribution in [2.75, 3.05) is 12.4 Å². The smallest absolute Gasteiger partial charge is 0.326 e. The maximum absolute atomic E-state index is 13.0. The lowest BCUT2D eigenvalue weighted by Gasteiger charge is -2.25. The second-order valence-corrected chi connectivity index (χ2v) is 9.05. The summed E-state index contributed by atoms with van der Waals surface area (Å²) in [6.07, 6.45) is 1.94. The number of hydrogen-bond acceptors (Lipinski definition) is 7. The third-order valence-corrected chi connectivity index (χ3v) is 5.80. The van der Waals surface area contributed by atoms with E-state index in [4.69, 9.17) is 5.73 Å². The summed E-state index contributed by atoms with van der Waals surface area (Å²) >= 11 is 3.93. The summed E-state index contributed by atoms with van der Waals surface area (Å²) in [4.78, 5) is 52.7. The molecule has 1 aromatic heterocycles. The average Bonchev–Trinajstić information content (AvgIpc) is 3.23. The molecule has 0 bridgehead atoms. The van der Waals surface area contributed by atoms with Gasteiger partial charge in [-0.3, -0.25) is 14.4 Å². The van der Waals surface area contributed by atoms with Gasteiger partial charge in [0.05, 0.1) is 12.6 Å². The summed E-state index contributed by atoms with van der Waals surface area (Å²) in [7, 11) is 0. The van der Waals surface area contributed by atoms with Gasteiger partial charge in [-0.1, -0.05) is 32.0 Å². The Balaban J connectivity index is 2.13. The van der Waals surface area contributed by atoms with E-state index < -0.39 is 54.5 Å². The molecule has 11 nitrogen and oxygen atoms in total. The largest absolute Gasteiger partial charge is 0.480 e. The number of aliphatic hydroxyl groups is 1. The van der Waals surface area contributed by atoms with Crippen molar-refractivity contribution in [2.24, 2.45) is 11.7 Å². The molecule has 0 fully saturated rings. The number of aliphatic hydroxyl groups excluding tert-OH is 1. The topological polar surface area (TPSA) is 187 Å². The quantitative estimate of drug-likeness (QED) is 0.169. The molecule has 12 heteroatoms. The highest BCUT2D eigenvalue weighted by molar-refractivity contribution is 7.80. The first-order valence-electron chi connectivity index (χ1n) is 11.2. The standard InChI is InChI=1S/C23H33N5O6S/c1-12(2)7-17(26-22(32)19(10-29)28-20(30)15(24)11-35)21(31)27-18(23(33)34)8-13-9-25-16-6-4-3-5-14(13)16/h3-6,9,12,15,17-19,25,29,35H,7-8,10-11,24H2,1-2H3,(H,26,32)(H,27,31)(H,28,30)(H,33,34). The number of thiol groups is 1. The van der Waals surface area contributed by atoms with E-state index in [1.165, 1.54) is 0 Å². The predicted molar refractivity (Wildman–Crippen MR) is 134 cm³/mol. The lowest BCUT2D eigenvalue weighted by molar-refractivity contribution is -0.142. The van der Waals surface area contributed by atoms with Crippen LogP contribution in [0.5, 0.6) is 0 Å². The number of carbonyl (C=O) groups is 4. The highest BCUT2D eigenvalue weighted by Gasteiger charge is 2.30. The number of carbonyl (C=O) groups excluding carboxylic acids is 3. The molecule has 4 atom stereocenters. The molecule has 0 aliphatic rings. The fraction of sp³-hybridized carbons (Fsp3) is 0.478. The number of hydrogen-bond donors (Lipinski definition) is 8. The van der Waals surface area contributed by atoms with Gasteiger partial charge in [0.1, 0.15) is 18.1 Å². The van der Waals surface area contributed by atoms with Gasteiger partial charge in [0.2, 0.25) is 17.7 Å². The second-order valence-electron chi connectivity index (χ2n) is 8.69. The number of fused-ring (bicyclic) bond motifs is 1. The molecule has 0 spiro atoms. The molecule has 2 rings (SSSR count). The molecule has 35 heavy (non-hydrogen) atoms. The Morgan fingerprint density at radius 1 is 1.00 bits per heavy atom. The van der Waals surface area contributed by atoms with Crippen molar-refractivity contribution in [3.63, 3.8) is 0 Å². The van der Waals surface area contributed by atoms with Crippen LogP contribution < -0.4 is 21.7 Å². The highest BCUT2D eigenvalue weighted by atomic mass is 32.1. The van der Waals surface area contributed by atoms with E-state index in [0.717, 1.165) is 16.5 Å². The number of aliphatic carboxylic acids is 1. The van der Waals surface area contributed by atoms with Crippen LogP contribution in [0.3, 0.4) is 0 Å². The first-order chi connectivity index (χ1) is 16.6. The molecule has 0 radical (unpaired) electrons. The monoisotopic (exact) mass is 507 g/mol. The summed E-state index contributed by atoms with van der Waals surface area (Å²) in [6, 6.07) is 2.77. The normalized spacial score (nSPS) is 14.7. The fourth-order valence-corrected chi connectivity index (χ4v) is 3.69. The van der Waals surface area contributed by atoms with Crippen LogP contribution in [0.15, 0.2) is 30.5 Å². The van der Waals surface area contributed by atoms with Crippen molar-refractivity contribution < 1.29 is 29.4 Å². The Morgan fingerprint density at radius 2 is 1.60 bits per heavy atom. The molecule has 192 valence electrons. The van der Waals surface area contributed by atoms with Gasteiger partial charge in [-0.2, -0.15) is 12.6 Å². The zero-order valence-corrected chi connectivity index (χ0v) is 20.5. The van der Waals surface area contributed by atoms with E-state index in [9.17, 15) is 29.4 Å². The number of para-hydroxylation sites is 1. The van der Waals surface area contributed by atoms with Crippen molar-refractivity contribution in [3.8, 4) is 0 Å². The zero-order chi connectivity index (χ0) is 26.1. The van der Waals surface area contributed by atoms with Crippen molar-refractivity contribution in [1.82, 2.24) is 20.9 Å². The molecule has 3 amide bonds. The Hall–Kier alpha value is -3.09. The number of carboxylic acid groups (broad SMARTS) is 1. The summed E-state index contributed by atoms with van der Waals surface area (Å²) in [5, 5.41) is 27.5. The van der Waals surface area contributed by atoms with Gasteiger partial charge in [0.15, 0.2) is 0 Å². The third kappa shape index (κ3) is 7.98. The number of nitrogens with one attached hydrogen (secondary N) is 4. The third-order valence-electron chi connectivity index (χ3n) is 5.40. The molecular formula is C23H33N5O6S. The number of aromatic amines is 1. The number of H-pyrrole nitrogens is 1. The minimum atomic E-state index is -1.34. The predicted octanol–water partition coefficient (Wildman–Crippen LogP) is -0.455. The van der Waals surface area contributed by atoms with E-state index in [0.29, 0.717) is 0 Å². The fourth-order valence-electron chi connectivity index (χ4n) is 3.52. The summed E-state index contributed by atoms with van der Waals surface area (Å²) < 4.78 is 0. The van der Waals surface area contributed by atoms with Crippen LogP contribution in [0.2, 0.25) is 0 Å². The molecular weight excluding hydrogens is 474 g/mol. The SMILES string of the molecule is CC(C)CC(NC(=O)C(CO)NC(=O)C(N)CS)C(=O)NC(Cc1c[nH]c2ccccc12)C(=O)O. The van der Waals surface area contributed by atoms with Crippen LogP contribution in [-0.2, 0) is 25.6 Å². The number of benzene rings is 1. The van der Waals surface area contributed by atoms with Crippen molar-refractivity contribution in [3.05, 3.63) is 36.0 Å². The molecule has 2 aromatic rings. The van der Waals surface area contributed by atoms with Gasteiger partial charge in [-0.25, -0.2) is 4.79 Å². The Labute approximate surface area is 208 Å². The van der Waals surface area contributed by atoms with E-state index >= 15 is 0 Å². The molecule has 4 unspecified atom stereocenters. The average molecular weight is 508 g/mol. The summed E-state index contributed by atoms with van der Waals surface area (Å²) in [5.41, 5.74) is 7.15. The lowest BCUT2D eigenvalue weighted by atomic mass is 10.0. The molecule has 0 saturated carbocycles. The first-order valence-corrected chi connectivity index (χ1v) is 11.9. The summed E-state index contributed by atoms with van der Waals surface area (Å²) in [5.74, 6) is -3.37. The van der Waals surface area contributed by atoms with Gasteiger partial charge in [0, 0.05) is 29.3 Å². The second kappa shape index (κ2) is 13.1. The highest BCUT2D eigenvalue weighted by Crippen LogP contribution is 2.19. The van der Waals surface area contributed by atoms with Crippen LogP contribution in [0.25, 0.3) is 10.9 Å². The molecule has 1 aromatic carbocycles. The van der Waals surface area contributed by atoms with Crippen molar-refractivity contribution >= 4 is 47.2 Å². The van der Waals surface area contributed by atoms with Crippen molar-refractivity contribution in [2.45, 2.75) is 50.9 Å². The Bertz CT molecular complexity index is 1040. The Morgan fingerprint density at radius 3 is 2.20 bits per heavy atom. The van der Waals surface area contributed by atoms with Crippen LogP contribution in [0, 0.1) is 5.92 Å². The van der Waals surface area contributed by atoms with Gasteiger partial charge in [-0.15, -0.1) is 0 Å². The van der Waals surface area contributed by atoms with Crippen LogP contribution in [0.1, 0.15) is 25.8 Å². The van der Waals surface area contributed by atoms with Gasteiger partial charge in [-0.05, 0) is 24.0 Å². The van der Waals surface area contributed by atoms with E-state index in [1.54, 1.807) is 6.20 Å². The van der Waals surface area contributed by atoms with Gasteiger partial charge in [0.25, 0.3) is 0 Å². The molecule has 0 saturated heterocycles. The number of aromatic nitrogens is 1. The van der Waals surface area contributed by atoms with Crippen LogP contribution in [-0.4, -0.2) is 75.4 Å². The maximum Gasteiger partial charge on any atom is 0.326 e. The van der Waals surface area contributed by atoms with E-state index in [2.05, 4.69) is 33.6 Å². The van der Waals surface area contributed by atoms with E-state index in [1.807, 2.05) is 38.1 Å². The van der Waals surface area contributed by atoms with Gasteiger partial charge < -0.3 is 36.9 Å². The van der Waals surface area contributed by atoms with Gasteiger partial charge >= 0.3 is 5.97 Å². The first kappa shape index (κ1) is 28.1.